The van der Waals surface area contributed by atoms with Crippen molar-refractivity contribution in [3.63, 3.8) is 0 Å². The summed E-state index contributed by atoms with van der Waals surface area (Å²) in [6.45, 7) is 11.1. The van der Waals surface area contributed by atoms with Crippen LogP contribution < -0.4 is 0 Å². The second-order valence-corrected chi connectivity index (χ2v) is 1.91. The van der Waals surface area contributed by atoms with Crippen molar-refractivity contribution in [2.24, 2.45) is 0 Å². The maximum absolute atomic E-state index is 12.2. The molecule has 0 aliphatic heterocycles. The second-order valence-electron chi connectivity index (χ2n) is 1.91. The molecule has 0 heterocycles. The van der Waals surface area contributed by atoms with E-state index in [0.29, 0.717) is 13.1 Å². The van der Waals surface area contributed by atoms with Crippen LogP contribution in [-0.4, -0.2) is 18.2 Å². The fourth-order valence-electron chi connectivity index (χ4n) is 0.597. The highest BCUT2D eigenvalue weighted by Gasteiger charge is 1.95. The van der Waals surface area contributed by atoms with Gasteiger partial charge in [0.15, 0.2) is 0 Å². The summed E-state index contributed by atoms with van der Waals surface area (Å²) in [6, 6.07) is 0. The molecule has 0 aromatic rings. The predicted molar refractivity (Wildman–Crippen MR) is 44.5 cm³/mol. The van der Waals surface area contributed by atoms with E-state index in [1.807, 2.05) is 13.8 Å². The standard InChI is InChI=1S/C6H14FN.C2H4/c1-3-5-8(7)6-4-2;1-2/h3-6H2,1-2H3;1-2H2. The Kier molecular flexibility index (Phi) is 14.1. The van der Waals surface area contributed by atoms with E-state index in [9.17, 15) is 4.48 Å². The van der Waals surface area contributed by atoms with E-state index in [1.165, 1.54) is 0 Å². The zero-order valence-corrected chi connectivity index (χ0v) is 7.07. The van der Waals surface area contributed by atoms with Gasteiger partial charge < -0.3 is 0 Å². The van der Waals surface area contributed by atoms with Gasteiger partial charge in [0.05, 0.1) is 0 Å². The Balaban J connectivity index is 0. The van der Waals surface area contributed by atoms with Crippen LogP contribution in [0.4, 0.5) is 4.48 Å². The van der Waals surface area contributed by atoms with Crippen LogP contribution in [0.3, 0.4) is 0 Å². The first-order valence-corrected chi connectivity index (χ1v) is 3.72. The van der Waals surface area contributed by atoms with Gasteiger partial charge in [-0.25, -0.2) is 0 Å². The van der Waals surface area contributed by atoms with Gasteiger partial charge in [-0.2, -0.15) is 0 Å². The zero-order valence-electron chi connectivity index (χ0n) is 7.07. The third kappa shape index (κ3) is 10.6. The number of hydrogen-bond donors (Lipinski definition) is 0. The summed E-state index contributed by atoms with van der Waals surface area (Å²) < 4.78 is 12.2. The quantitative estimate of drug-likeness (QED) is 0.436. The van der Waals surface area contributed by atoms with E-state index >= 15 is 0 Å². The van der Waals surface area contributed by atoms with Crippen molar-refractivity contribution in [3.8, 4) is 0 Å². The molecular formula is C8H18FN. The van der Waals surface area contributed by atoms with Crippen LogP contribution in [0.5, 0.6) is 0 Å². The van der Waals surface area contributed by atoms with E-state index in [-0.39, 0.29) is 0 Å². The molecule has 62 valence electrons. The monoisotopic (exact) mass is 147 g/mol. The molecule has 0 aliphatic rings. The molecule has 0 fully saturated rings. The minimum Gasteiger partial charge on any atom is -0.146 e. The number of rotatable bonds is 4. The Hall–Kier alpha value is -0.370. The van der Waals surface area contributed by atoms with Crippen molar-refractivity contribution < 1.29 is 4.48 Å². The summed E-state index contributed by atoms with van der Waals surface area (Å²) >= 11 is 0. The molecular weight excluding hydrogens is 129 g/mol. The molecule has 0 saturated carbocycles. The van der Waals surface area contributed by atoms with Crippen molar-refractivity contribution in [2.75, 3.05) is 13.1 Å². The van der Waals surface area contributed by atoms with Crippen molar-refractivity contribution >= 4 is 0 Å². The van der Waals surface area contributed by atoms with Gasteiger partial charge >= 0.3 is 0 Å². The van der Waals surface area contributed by atoms with E-state index < -0.39 is 0 Å². The predicted octanol–water partition coefficient (Wildman–Crippen LogP) is 2.80. The second kappa shape index (κ2) is 11.4. The van der Waals surface area contributed by atoms with E-state index in [0.717, 1.165) is 18.0 Å². The molecule has 0 aromatic heterocycles. The minimum absolute atomic E-state index is 0.577. The van der Waals surface area contributed by atoms with Gasteiger partial charge in [-0.1, -0.05) is 13.8 Å². The Morgan fingerprint density at radius 3 is 1.60 bits per heavy atom. The van der Waals surface area contributed by atoms with Crippen LogP contribution in [0.15, 0.2) is 13.2 Å². The summed E-state index contributed by atoms with van der Waals surface area (Å²) in [5, 5.41) is 0.861. The van der Waals surface area contributed by atoms with E-state index in [1.54, 1.807) is 0 Å². The van der Waals surface area contributed by atoms with Gasteiger partial charge in [0.25, 0.3) is 0 Å². The average Bonchev–Trinajstić information content (AvgIpc) is 1.93. The third-order valence-corrected chi connectivity index (χ3v) is 0.932. The highest BCUT2D eigenvalue weighted by Crippen LogP contribution is 1.92. The summed E-state index contributed by atoms with van der Waals surface area (Å²) in [6.07, 6.45) is 1.80. The minimum atomic E-state index is 0.577. The molecule has 0 N–H and O–H groups in total. The number of nitrogens with zero attached hydrogens (tertiary/aromatic N) is 1. The van der Waals surface area contributed by atoms with Crippen molar-refractivity contribution in [1.29, 1.82) is 0 Å². The zero-order chi connectivity index (χ0) is 8.41. The maximum atomic E-state index is 12.2. The largest absolute Gasteiger partial charge is 0.146 e. The summed E-state index contributed by atoms with van der Waals surface area (Å²) in [5.41, 5.74) is 0. The van der Waals surface area contributed by atoms with Gasteiger partial charge in [-0.3, -0.25) is 0 Å². The summed E-state index contributed by atoms with van der Waals surface area (Å²) in [7, 11) is 0. The van der Waals surface area contributed by atoms with Crippen LogP contribution in [0.1, 0.15) is 26.7 Å². The van der Waals surface area contributed by atoms with Crippen molar-refractivity contribution in [3.05, 3.63) is 13.2 Å². The number of hydrogen-bond acceptors (Lipinski definition) is 1. The summed E-state index contributed by atoms with van der Waals surface area (Å²) in [4.78, 5) is 0. The molecule has 0 rings (SSSR count). The first kappa shape index (κ1) is 12.3. The lowest BCUT2D eigenvalue weighted by molar-refractivity contribution is 0.0259. The van der Waals surface area contributed by atoms with Gasteiger partial charge in [0, 0.05) is 13.1 Å². The van der Waals surface area contributed by atoms with Crippen LogP contribution >= 0.6 is 0 Å². The first-order chi connectivity index (χ1) is 4.81. The molecule has 0 atom stereocenters. The lowest BCUT2D eigenvalue weighted by Crippen LogP contribution is -2.14. The first-order valence-electron chi connectivity index (χ1n) is 3.72. The SMILES string of the molecule is C=C.CCCN(F)CCC. The molecule has 10 heavy (non-hydrogen) atoms. The van der Waals surface area contributed by atoms with Crippen LogP contribution in [0, 0.1) is 0 Å². The van der Waals surface area contributed by atoms with Gasteiger partial charge in [0.1, 0.15) is 0 Å². The Morgan fingerprint density at radius 2 is 1.40 bits per heavy atom. The highest BCUT2D eigenvalue weighted by atomic mass is 19.2. The Morgan fingerprint density at radius 1 is 1.10 bits per heavy atom. The normalized spacial score (nSPS) is 8.80. The molecule has 0 radical (unpaired) electrons. The molecule has 0 bridgehead atoms. The van der Waals surface area contributed by atoms with Crippen LogP contribution in [0.25, 0.3) is 0 Å². The fraction of sp³-hybridized carbons (Fsp3) is 0.750. The van der Waals surface area contributed by atoms with Gasteiger partial charge in [-0.15, -0.1) is 22.8 Å². The summed E-state index contributed by atoms with van der Waals surface area (Å²) in [5.74, 6) is 0. The molecule has 0 spiro atoms. The maximum Gasteiger partial charge on any atom is 0.0287 e. The van der Waals surface area contributed by atoms with E-state index in [4.69, 9.17) is 0 Å². The molecule has 1 nitrogen and oxygen atoms in total. The molecule has 2 heteroatoms. The fourth-order valence-corrected chi connectivity index (χ4v) is 0.597. The topological polar surface area (TPSA) is 3.24 Å². The van der Waals surface area contributed by atoms with Gasteiger partial charge in [0.2, 0.25) is 0 Å². The van der Waals surface area contributed by atoms with Crippen molar-refractivity contribution in [1.82, 2.24) is 5.12 Å². The average molecular weight is 147 g/mol. The van der Waals surface area contributed by atoms with Crippen molar-refractivity contribution in [2.45, 2.75) is 26.7 Å². The van der Waals surface area contributed by atoms with Crippen LogP contribution in [-0.2, 0) is 0 Å². The molecule has 0 aromatic carbocycles. The molecule has 0 saturated heterocycles. The van der Waals surface area contributed by atoms with Crippen LogP contribution in [0.2, 0.25) is 0 Å². The lowest BCUT2D eigenvalue weighted by Gasteiger charge is -2.06. The molecule has 0 unspecified atom stereocenters. The van der Waals surface area contributed by atoms with Gasteiger partial charge in [-0.05, 0) is 12.8 Å². The lowest BCUT2D eigenvalue weighted by atomic mass is 10.4. The smallest absolute Gasteiger partial charge is 0.0287 e. The Labute approximate surface area is 63.5 Å². The Bertz CT molecular complexity index is 51.2. The highest BCUT2D eigenvalue weighted by molar-refractivity contribution is 4.39. The number of halogens is 1. The molecule has 0 aliphatic carbocycles. The molecule has 0 amide bonds. The van der Waals surface area contributed by atoms with E-state index in [2.05, 4.69) is 13.2 Å². The third-order valence-electron chi connectivity index (χ3n) is 0.932.